The molecule has 0 bridgehead atoms. The van der Waals surface area contributed by atoms with Gasteiger partial charge in [-0.2, -0.15) is 0 Å². The average molecular weight is 468 g/mol. The largest absolute Gasteiger partial charge is 0.461 e. The molecule has 26 heavy (non-hydrogen) atoms. The fourth-order valence-electron chi connectivity index (χ4n) is 2.59. The van der Waals surface area contributed by atoms with Crippen LogP contribution in [0.2, 0.25) is 0 Å². The highest BCUT2D eigenvalue weighted by Crippen LogP contribution is 2.24. The molecular formula is C23H33IO2. The van der Waals surface area contributed by atoms with Crippen molar-refractivity contribution in [3.63, 3.8) is 0 Å². The summed E-state index contributed by atoms with van der Waals surface area (Å²) in [7, 11) is 0. The van der Waals surface area contributed by atoms with E-state index < -0.39 is 0 Å². The highest BCUT2D eigenvalue weighted by molar-refractivity contribution is 14.1. The van der Waals surface area contributed by atoms with Crippen molar-refractivity contribution in [3.05, 3.63) is 60.8 Å². The molecular weight excluding hydrogens is 435 g/mol. The van der Waals surface area contributed by atoms with E-state index in [-0.39, 0.29) is 12.1 Å². The minimum absolute atomic E-state index is 0.0470. The van der Waals surface area contributed by atoms with E-state index in [1.165, 1.54) is 0 Å². The Kier molecular flexibility index (Phi) is 13.2. The summed E-state index contributed by atoms with van der Waals surface area (Å²) in [6.07, 6.45) is 28.6. The van der Waals surface area contributed by atoms with Gasteiger partial charge in [-0.3, -0.25) is 4.79 Å². The summed E-state index contributed by atoms with van der Waals surface area (Å²) >= 11 is 2.39. The summed E-state index contributed by atoms with van der Waals surface area (Å²) in [5.41, 5.74) is 0. The maximum atomic E-state index is 11.1. The Hall–Kier alpha value is -1.10. The van der Waals surface area contributed by atoms with Crippen LogP contribution in [0.1, 0.15) is 58.8 Å². The van der Waals surface area contributed by atoms with Crippen LogP contribution in [-0.2, 0) is 9.53 Å². The van der Waals surface area contributed by atoms with Gasteiger partial charge in [0.15, 0.2) is 0 Å². The van der Waals surface area contributed by atoms with Crippen molar-refractivity contribution in [3.8, 4) is 0 Å². The lowest BCUT2D eigenvalue weighted by Gasteiger charge is -2.14. The first-order chi connectivity index (χ1) is 12.6. The van der Waals surface area contributed by atoms with Crippen LogP contribution >= 0.6 is 22.6 Å². The number of allylic oxidation sites excluding steroid dienone is 10. The quantitative estimate of drug-likeness (QED) is 0.103. The molecule has 0 amide bonds. The van der Waals surface area contributed by atoms with Crippen LogP contribution < -0.4 is 0 Å². The van der Waals surface area contributed by atoms with Crippen molar-refractivity contribution in [1.82, 2.24) is 0 Å². The Labute approximate surface area is 173 Å². The SMILES string of the molecule is CC/C=C\C[C@H](C)/C=C/C=C\C/C=C\C/C=C\CC(I)C1CCC(=O)O1. The van der Waals surface area contributed by atoms with Gasteiger partial charge in [0.05, 0.1) is 3.92 Å². The molecule has 1 heterocycles. The summed E-state index contributed by atoms with van der Waals surface area (Å²) < 4.78 is 5.68. The van der Waals surface area contributed by atoms with Crippen LogP contribution in [0.5, 0.6) is 0 Å². The van der Waals surface area contributed by atoms with Crippen molar-refractivity contribution < 1.29 is 9.53 Å². The van der Waals surface area contributed by atoms with Gasteiger partial charge in [-0.15, -0.1) is 0 Å². The Morgan fingerprint density at radius 2 is 1.73 bits per heavy atom. The number of halogens is 1. The molecule has 0 saturated carbocycles. The summed E-state index contributed by atoms with van der Waals surface area (Å²) in [5.74, 6) is 0.548. The van der Waals surface area contributed by atoms with E-state index in [1.54, 1.807) is 0 Å². The Morgan fingerprint density at radius 3 is 2.42 bits per heavy atom. The Bertz CT molecular complexity index is 528. The number of hydrogen-bond acceptors (Lipinski definition) is 2. The molecule has 1 fully saturated rings. The minimum atomic E-state index is -0.0470. The molecule has 0 aromatic carbocycles. The van der Waals surface area contributed by atoms with Gasteiger partial charge in [0.25, 0.3) is 0 Å². The third kappa shape index (κ3) is 11.5. The number of hydrogen-bond donors (Lipinski definition) is 0. The molecule has 1 aliphatic heterocycles. The van der Waals surface area contributed by atoms with Crippen molar-refractivity contribution >= 4 is 28.6 Å². The Balaban J connectivity index is 2.07. The summed E-state index contributed by atoms with van der Waals surface area (Å²) in [5, 5.41) is 0. The Morgan fingerprint density at radius 1 is 1.04 bits per heavy atom. The highest BCUT2D eigenvalue weighted by atomic mass is 127. The fourth-order valence-corrected chi connectivity index (χ4v) is 3.39. The highest BCUT2D eigenvalue weighted by Gasteiger charge is 2.28. The lowest BCUT2D eigenvalue weighted by Crippen LogP contribution is -2.19. The monoisotopic (exact) mass is 468 g/mol. The van der Waals surface area contributed by atoms with E-state index in [9.17, 15) is 4.79 Å². The lowest BCUT2D eigenvalue weighted by atomic mass is 10.1. The van der Waals surface area contributed by atoms with Gasteiger partial charge in [0.2, 0.25) is 0 Å². The van der Waals surface area contributed by atoms with Crippen LogP contribution in [0.4, 0.5) is 0 Å². The number of carbonyl (C=O) groups excluding carboxylic acids is 1. The van der Waals surface area contributed by atoms with Crippen LogP contribution in [0.15, 0.2) is 60.8 Å². The predicted octanol–water partition coefficient (Wildman–Crippen LogP) is 6.88. The van der Waals surface area contributed by atoms with Crippen molar-refractivity contribution in [2.24, 2.45) is 5.92 Å². The third-order valence-electron chi connectivity index (χ3n) is 4.16. The topological polar surface area (TPSA) is 26.3 Å². The summed E-state index contributed by atoms with van der Waals surface area (Å²) in [4.78, 5) is 11.1. The van der Waals surface area contributed by atoms with E-state index in [1.807, 2.05) is 0 Å². The van der Waals surface area contributed by atoms with E-state index in [0.29, 0.717) is 16.3 Å². The van der Waals surface area contributed by atoms with Crippen LogP contribution in [0.3, 0.4) is 0 Å². The first-order valence-electron chi connectivity index (χ1n) is 9.75. The first-order valence-corrected chi connectivity index (χ1v) is 11.0. The molecule has 0 N–H and O–H groups in total. The maximum Gasteiger partial charge on any atom is 0.306 e. The molecule has 0 spiro atoms. The number of alkyl halides is 1. The molecule has 3 heteroatoms. The second kappa shape index (κ2) is 15.0. The molecule has 3 atom stereocenters. The molecule has 1 saturated heterocycles. The van der Waals surface area contributed by atoms with Gasteiger partial charge in [-0.05, 0) is 44.4 Å². The van der Waals surface area contributed by atoms with Crippen LogP contribution in [-0.4, -0.2) is 16.0 Å². The van der Waals surface area contributed by atoms with Crippen LogP contribution in [0, 0.1) is 5.92 Å². The smallest absolute Gasteiger partial charge is 0.306 e. The third-order valence-corrected chi connectivity index (χ3v) is 5.47. The number of carbonyl (C=O) groups is 1. The first kappa shape index (κ1) is 22.9. The van der Waals surface area contributed by atoms with Gasteiger partial charge in [0.1, 0.15) is 6.10 Å². The van der Waals surface area contributed by atoms with Gasteiger partial charge in [0, 0.05) is 6.42 Å². The van der Waals surface area contributed by atoms with Crippen molar-refractivity contribution in [2.45, 2.75) is 68.8 Å². The lowest BCUT2D eigenvalue weighted by molar-refractivity contribution is -0.141. The number of esters is 1. The van der Waals surface area contributed by atoms with E-state index in [0.717, 1.165) is 38.5 Å². The second-order valence-electron chi connectivity index (χ2n) is 6.64. The predicted molar refractivity (Wildman–Crippen MR) is 121 cm³/mol. The summed E-state index contributed by atoms with van der Waals surface area (Å²) in [6.45, 7) is 4.41. The molecule has 0 aromatic heterocycles. The van der Waals surface area contributed by atoms with Crippen LogP contribution in [0.25, 0.3) is 0 Å². The molecule has 1 rings (SSSR count). The van der Waals surface area contributed by atoms with E-state index in [2.05, 4.69) is 97.2 Å². The molecule has 2 unspecified atom stereocenters. The van der Waals surface area contributed by atoms with Gasteiger partial charge in [-0.25, -0.2) is 0 Å². The standard InChI is InChI=1S/C23H33IO2/c1-3-4-12-15-20(2)16-13-10-8-6-5-7-9-11-14-17-21(24)22-18-19-23(25)26-22/h4-5,7-8,10-14,16,20-22H,3,6,9,15,17-19H2,1-2H3/b7-5-,10-8-,12-4-,14-11-,16-13+/t20-,21?,22?/m0/s1. The summed E-state index contributed by atoms with van der Waals surface area (Å²) in [6, 6.07) is 0. The molecule has 0 aromatic rings. The number of ether oxygens (including phenoxy) is 1. The minimum Gasteiger partial charge on any atom is -0.461 e. The van der Waals surface area contributed by atoms with E-state index in [4.69, 9.17) is 4.74 Å². The second-order valence-corrected chi connectivity index (χ2v) is 8.24. The zero-order valence-electron chi connectivity index (χ0n) is 16.1. The molecule has 0 radical (unpaired) electrons. The number of cyclic esters (lactones) is 1. The molecule has 144 valence electrons. The van der Waals surface area contributed by atoms with Gasteiger partial charge >= 0.3 is 5.97 Å². The number of rotatable bonds is 12. The molecule has 1 aliphatic rings. The molecule has 0 aliphatic carbocycles. The normalized spacial score (nSPS) is 21.0. The van der Waals surface area contributed by atoms with E-state index >= 15 is 0 Å². The van der Waals surface area contributed by atoms with Crippen molar-refractivity contribution in [1.29, 1.82) is 0 Å². The maximum absolute atomic E-state index is 11.1. The molecule has 2 nitrogen and oxygen atoms in total. The zero-order chi connectivity index (χ0) is 19.0. The average Bonchev–Trinajstić information content (AvgIpc) is 3.06. The fraction of sp³-hybridized carbons (Fsp3) is 0.522. The van der Waals surface area contributed by atoms with Crippen molar-refractivity contribution in [2.75, 3.05) is 0 Å². The van der Waals surface area contributed by atoms with Gasteiger partial charge in [-0.1, -0.05) is 97.2 Å². The zero-order valence-corrected chi connectivity index (χ0v) is 18.3. The van der Waals surface area contributed by atoms with Gasteiger partial charge < -0.3 is 4.74 Å².